The van der Waals surface area contributed by atoms with Crippen molar-refractivity contribution >= 4 is 40.7 Å². The number of thioether (sulfide) groups is 1. The first-order valence-electron chi connectivity index (χ1n) is 11.1. The number of Topliss-reactive ketones (excluding diaryl/α,β-unsaturated/α-hetero) is 1. The summed E-state index contributed by atoms with van der Waals surface area (Å²) in [5, 5.41) is 13.0. The summed E-state index contributed by atoms with van der Waals surface area (Å²) >= 11 is 7.76. The van der Waals surface area contributed by atoms with Gasteiger partial charge >= 0.3 is 0 Å². The molecule has 2 heterocycles. The summed E-state index contributed by atoms with van der Waals surface area (Å²) in [6, 6.07) is 11.1. The number of nitrogens with one attached hydrogen (secondary N) is 1. The molecule has 34 heavy (non-hydrogen) atoms. The number of nitrogens with zero attached hydrogens (tertiary/aromatic N) is 3. The Morgan fingerprint density at radius 3 is 2.62 bits per heavy atom. The molecule has 1 aliphatic heterocycles. The molecule has 1 N–H and O–H groups in total. The number of halogens is 1. The van der Waals surface area contributed by atoms with E-state index in [1.165, 1.54) is 18.7 Å². The van der Waals surface area contributed by atoms with Crippen LogP contribution in [0.4, 0.5) is 5.69 Å². The second-order valence-electron chi connectivity index (χ2n) is 8.24. The van der Waals surface area contributed by atoms with E-state index < -0.39 is 0 Å². The monoisotopic (exact) mass is 498 g/mol. The van der Waals surface area contributed by atoms with Gasteiger partial charge in [-0.3, -0.25) is 14.2 Å². The molecule has 0 atom stereocenters. The molecule has 0 bridgehead atoms. The highest BCUT2D eigenvalue weighted by atomic mass is 35.5. The molecule has 0 unspecified atom stereocenters. The highest BCUT2D eigenvalue weighted by Gasteiger charge is 2.26. The van der Waals surface area contributed by atoms with Crippen LogP contribution in [0.3, 0.4) is 0 Å². The maximum atomic E-state index is 12.8. The third kappa shape index (κ3) is 4.50. The average Bonchev–Trinajstić information content (AvgIpc) is 3.57. The van der Waals surface area contributed by atoms with Crippen molar-refractivity contribution < 1.29 is 19.1 Å². The van der Waals surface area contributed by atoms with Crippen molar-refractivity contribution in [2.45, 2.75) is 43.8 Å². The molecule has 3 aromatic rings. The molecule has 1 aliphatic carbocycles. The molecule has 176 valence electrons. The first kappa shape index (κ1) is 22.7. The second-order valence-corrected chi connectivity index (χ2v) is 9.59. The van der Waals surface area contributed by atoms with Gasteiger partial charge in [-0.2, -0.15) is 0 Å². The lowest BCUT2D eigenvalue weighted by Gasteiger charge is -2.17. The molecular formula is C24H23ClN4O4S. The quantitative estimate of drug-likeness (QED) is 0.345. The molecule has 8 nitrogen and oxygen atoms in total. The first-order valence-corrected chi connectivity index (χ1v) is 12.4. The van der Waals surface area contributed by atoms with Gasteiger partial charge in [-0.25, -0.2) is 0 Å². The number of anilines is 1. The third-order valence-corrected chi connectivity index (χ3v) is 7.24. The van der Waals surface area contributed by atoms with Crippen molar-refractivity contribution in [2.75, 3.05) is 17.9 Å². The van der Waals surface area contributed by atoms with Gasteiger partial charge in [0.25, 0.3) is 0 Å². The van der Waals surface area contributed by atoms with Crippen molar-refractivity contribution in [1.29, 1.82) is 0 Å². The van der Waals surface area contributed by atoms with Crippen LogP contribution in [0.1, 0.15) is 49.0 Å². The molecule has 1 aromatic heterocycles. The van der Waals surface area contributed by atoms with Crippen LogP contribution in [-0.4, -0.2) is 39.0 Å². The molecule has 10 heteroatoms. The van der Waals surface area contributed by atoms with Crippen molar-refractivity contribution in [3.05, 3.63) is 47.0 Å². The average molecular weight is 499 g/mol. The Balaban J connectivity index is 1.36. The normalized spacial score (nSPS) is 15.0. The molecular weight excluding hydrogens is 476 g/mol. The molecule has 1 fully saturated rings. The van der Waals surface area contributed by atoms with Gasteiger partial charge in [0.15, 0.2) is 28.3 Å². The van der Waals surface area contributed by atoms with Crippen LogP contribution in [0.2, 0.25) is 5.02 Å². The lowest BCUT2D eigenvalue weighted by Crippen LogP contribution is -2.17. The van der Waals surface area contributed by atoms with E-state index in [4.69, 9.17) is 21.1 Å². The Bertz CT molecular complexity index is 1260. The van der Waals surface area contributed by atoms with Crippen LogP contribution in [0.5, 0.6) is 11.5 Å². The van der Waals surface area contributed by atoms with Crippen LogP contribution < -0.4 is 14.8 Å². The fourth-order valence-electron chi connectivity index (χ4n) is 4.35. The second kappa shape index (κ2) is 9.68. The number of ketones is 1. The van der Waals surface area contributed by atoms with E-state index in [2.05, 4.69) is 20.1 Å². The summed E-state index contributed by atoms with van der Waals surface area (Å²) < 4.78 is 12.9. The van der Waals surface area contributed by atoms with E-state index in [1.54, 1.807) is 12.1 Å². The Labute approximate surface area is 206 Å². The minimum Gasteiger partial charge on any atom is -0.454 e. The number of hydrogen-bond acceptors (Lipinski definition) is 7. The molecule has 1 amide bonds. The van der Waals surface area contributed by atoms with E-state index in [0.717, 1.165) is 37.1 Å². The largest absolute Gasteiger partial charge is 0.454 e. The number of carbonyl (C=O) groups is 2. The number of ether oxygens (including phenoxy) is 2. The molecule has 2 aromatic carbocycles. The molecule has 5 rings (SSSR count). The lowest BCUT2D eigenvalue weighted by atomic mass is 10.1. The number of fused-ring (bicyclic) bond motifs is 1. The number of carbonyl (C=O) groups excluding carboxylic acids is 2. The van der Waals surface area contributed by atoms with E-state index >= 15 is 0 Å². The standard InChI is InChI=1S/C24H23ClN4O4S/c1-14(30)17-10-20-21(33-13-32-20)11-19(17)26-22(31)12-34-24-28-27-23(16-8-4-5-9-18(16)25)29(24)15-6-2-3-7-15/h4-5,8-11,15H,2-3,6-7,12-13H2,1H3,(H,26,31). The van der Waals surface area contributed by atoms with Gasteiger partial charge in [-0.1, -0.05) is 48.3 Å². The fourth-order valence-corrected chi connectivity index (χ4v) is 5.37. The minimum absolute atomic E-state index is 0.0878. The SMILES string of the molecule is CC(=O)c1cc2c(cc1NC(=O)CSc1nnc(-c3ccccc3Cl)n1C1CCCC1)OCO2. The Morgan fingerprint density at radius 1 is 1.15 bits per heavy atom. The van der Waals surface area contributed by atoms with Gasteiger partial charge in [0, 0.05) is 23.2 Å². The molecule has 2 aliphatic rings. The van der Waals surface area contributed by atoms with Crippen LogP contribution in [-0.2, 0) is 4.79 Å². The molecule has 0 spiro atoms. The molecule has 1 saturated carbocycles. The summed E-state index contributed by atoms with van der Waals surface area (Å²) in [4.78, 5) is 24.9. The predicted octanol–water partition coefficient (Wildman–Crippen LogP) is 5.38. The van der Waals surface area contributed by atoms with Crippen molar-refractivity contribution in [2.24, 2.45) is 0 Å². The van der Waals surface area contributed by atoms with Crippen LogP contribution >= 0.6 is 23.4 Å². The van der Waals surface area contributed by atoms with Crippen molar-refractivity contribution in [3.8, 4) is 22.9 Å². The van der Waals surface area contributed by atoms with Crippen molar-refractivity contribution in [3.63, 3.8) is 0 Å². The van der Waals surface area contributed by atoms with E-state index in [9.17, 15) is 9.59 Å². The zero-order valence-corrected chi connectivity index (χ0v) is 20.1. The van der Waals surface area contributed by atoms with Crippen LogP contribution in [0.15, 0.2) is 41.6 Å². The van der Waals surface area contributed by atoms with Crippen LogP contribution in [0, 0.1) is 0 Å². The number of rotatable bonds is 7. The maximum Gasteiger partial charge on any atom is 0.234 e. The fraction of sp³-hybridized carbons (Fsp3) is 0.333. The zero-order valence-electron chi connectivity index (χ0n) is 18.5. The van der Waals surface area contributed by atoms with Crippen LogP contribution in [0.25, 0.3) is 11.4 Å². The predicted molar refractivity (Wildman–Crippen MR) is 130 cm³/mol. The zero-order chi connectivity index (χ0) is 23.7. The Morgan fingerprint density at radius 2 is 1.88 bits per heavy atom. The van der Waals surface area contributed by atoms with E-state index in [0.29, 0.717) is 32.9 Å². The highest BCUT2D eigenvalue weighted by molar-refractivity contribution is 7.99. The summed E-state index contributed by atoms with van der Waals surface area (Å²) in [6.07, 6.45) is 4.36. The van der Waals surface area contributed by atoms with Gasteiger partial charge < -0.3 is 14.8 Å². The van der Waals surface area contributed by atoms with Gasteiger partial charge in [0.2, 0.25) is 12.7 Å². The Kier molecular flexibility index (Phi) is 6.47. The molecule has 0 saturated heterocycles. The number of benzene rings is 2. The topological polar surface area (TPSA) is 95.3 Å². The van der Waals surface area contributed by atoms with E-state index in [1.807, 2.05) is 24.3 Å². The lowest BCUT2D eigenvalue weighted by molar-refractivity contribution is -0.113. The summed E-state index contributed by atoms with van der Waals surface area (Å²) in [5.74, 6) is 1.39. The van der Waals surface area contributed by atoms with Gasteiger partial charge in [-0.05, 0) is 38.0 Å². The number of hydrogen-bond donors (Lipinski definition) is 1. The highest BCUT2D eigenvalue weighted by Crippen LogP contribution is 2.39. The maximum absolute atomic E-state index is 12.8. The van der Waals surface area contributed by atoms with Gasteiger partial charge in [-0.15, -0.1) is 10.2 Å². The third-order valence-electron chi connectivity index (χ3n) is 5.97. The van der Waals surface area contributed by atoms with E-state index in [-0.39, 0.29) is 30.3 Å². The first-order chi connectivity index (χ1) is 16.5. The number of amides is 1. The summed E-state index contributed by atoms with van der Waals surface area (Å²) in [6.45, 7) is 1.53. The smallest absolute Gasteiger partial charge is 0.234 e. The number of aromatic nitrogens is 3. The van der Waals surface area contributed by atoms with Gasteiger partial charge in [0.05, 0.1) is 16.5 Å². The molecule has 0 radical (unpaired) electrons. The van der Waals surface area contributed by atoms with Crippen molar-refractivity contribution in [1.82, 2.24) is 14.8 Å². The minimum atomic E-state index is -0.258. The Hall–Kier alpha value is -3.04. The summed E-state index contributed by atoms with van der Waals surface area (Å²) in [7, 11) is 0. The summed E-state index contributed by atoms with van der Waals surface area (Å²) in [5.41, 5.74) is 1.60. The van der Waals surface area contributed by atoms with Gasteiger partial charge in [0.1, 0.15) is 0 Å².